The van der Waals surface area contributed by atoms with Crippen molar-refractivity contribution in [2.24, 2.45) is 0 Å². The van der Waals surface area contributed by atoms with Crippen LogP contribution < -0.4 is 23.1 Å². The molecule has 11 heteroatoms. The van der Waals surface area contributed by atoms with Crippen molar-refractivity contribution in [3.05, 3.63) is 36.5 Å². The molecule has 0 saturated carbocycles. The quantitative estimate of drug-likeness (QED) is 0.525. The van der Waals surface area contributed by atoms with Gasteiger partial charge in [-0.05, 0) is 29.8 Å². The standard InChI is InChI=1S/C19H19NO9S/c1-24-14-6-5-11(7-15(14)29-30(21,22)23)13-10-20-28-18(13)12-8-16(25-2)19(27-4)17(9-12)26-3/h5-10H,1-4H3,(H,21,22,23). The SMILES string of the molecule is COc1ccc(-c2cnoc2-c2cc(OC)c(OC)c(OC)c2)cc1OS(=O)(=O)O. The molecule has 0 saturated heterocycles. The van der Waals surface area contributed by atoms with Gasteiger partial charge in [0, 0.05) is 11.1 Å². The van der Waals surface area contributed by atoms with Crippen LogP contribution in [0.15, 0.2) is 41.1 Å². The number of rotatable bonds is 8. The first-order valence-corrected chi connectivity index (χ1v) is 9.78. The second-order valence-electron chi connectivity index (χ2n) is 5.86. The Labute approximate surface area is 172 Å². The molecule has 1 N–H and O–H groups in total. The van der Waals surface area contributed by atoms with Crippen molar-refractivity contribution in [3.63, 3.8) is 0 Å². The average Bonchev–Trinajstić information content (AvgIpc) is 3.21. The van der Waals surface area contributed by atoms with Crippen molar-refractivity contribution in [3.8, 4) is 51.2 Å². The summed E-state index contributed by atoms with van der Waals surface area (Å²) in [5.74, 6) is 1.52. The maximum absolute atomic E-state index is 11.2. The fourth-order valence-electron chi connectivity index (χ4n) is 2.89. The van der Waals surface area contributed by atoms with Gasteiger partial charge >= 0.3 is 10.4 Å². The molecule has 1 heterocycles. The lowest BCUT2D eigenvalue weighted by molar-refractivity contribution is 0.324. The summed E-state index contributed by atoms with van der Waals surface area (Å²) < 4.78 is 62.5. The largest absolute Gasteiger partial charge is 0.493 e. The predicted octanol–water partition coefficient (Wildman–Crippen LogP) is 3.22. The average molecular weight is 437 g/mol. The van der Waals surface area contributed by atoms with Crippen molar-refractivity contribution < 1.29 is 40.6 Å². The minimum atomic E-state index is -4.75. The van der Waals surface area contributed by atoms with Gasteiger partial charge in [0.1, 0.15) is 0 Å². The summed E-state index contributed by atoms with van der Waals surface area (Å²) >= 11 is 0. The Morgan fingerprint density at radius 1 is 0.833 bits per heavy atom. The van der Waals surface area contributed by atoms with Crippen molar-refractivity contribution in [1.29, 1.82) is 0 Å². The highest BCUT2D eigenvalue weighted by Crippen LogP contribution is 2.44. The van der Waals surface area contributed by atoms with Crippen molar-refractivity contribution >= 4 is 10.4 Å². The van der Waals surface area contributed by atoms with Crippen LogP contribution in [0.25, 0.3) is 22.5 Å². The summed E-state index contributed by atoms with van der Waals surface area (Å²) in [5, 5.41) is 3.85. The highest BCUT2D eigenvalue weighted by atomic mass is 32.3. The van der Waals surface area contributed by atoms with Gasteiger partial charge in [-0.1, -0.05) is 11.2 Å². The van der Waals surface area contributed by atoms with E-state index in [0.717, 1.165) is 0 Å². The first-order valence-electron chi connectivity index (χ1n) is 8.41. The lowest BCUT2D eigenvalue weighted by Gasteiger charge is -2.14. The molecule has 160 valence electrons. The summed E-state index contributed by atoms with van der Waals surface area (Å²) in [6, 6.07) is 7.89. The summed E-state index contributed by atoms with van der Waals surface area (Å²) in [6.45, 7) is 0. The molecule has 1 aromatic heterocycles. The van der Waals surface area contributed by atoms with E-state index in [1.54, 1.807) is 18.2 Å². The number of nitrogens with zero attached hydrogens (tertiary/aromatic N) is 1. The van der Waals surface area contributed by atoms with Crippen LogP contribution in [0.4, 0.5) is 0 Å². The monoisotopic (exact) mass is 437 g/mol. The van der Waals surface area contributed by atoms with Gasteiger partial charge < -0.3 is 27.7 Å². The molecule has 0 bridgehead atoms. The topological polar surface area (TPSA) is 127 Å². The third kappa shape index (κ3) is 4.26. The van der Waals surface area contributed by atoms with E-state index in [4.69, 9.17) is 28.0 Å². The van der Waals surface area contributed by atoms with Gasteiger partial charge in [0.2, 0.25) is 5.75 Å². The number of methoxy groups -OCH3 is 4. The van der Waals surface area contributed by atoms with Crippen molar-refractivity contribution in [1.82, 2.24) is 5.16 Å². The molecule has 0 amide bonds. The molecular weight excluding hydrogens is 418 g/mol. The van der Waals surface area contributed by atoms with Crippen LogP contribution in [0.1, 0.15) is 0 Å². The summed E-state index contributed by atoms with van der Waals surface area (Å²) in [5.41, 5.74) is 1.59. The van der Waals surface area contributed by atoms with Gasteiger partial charge in [-0.2, -0.15) is 8.42 Å². The zero-order valence-electron chi connectivity index (χ0n) is 16.5. The zero-order chi connectivity index (χ0) is 21.9. The van der Waals surface area contributed by atoms with Gasteiger partial charge in [-0.15, -0.1) is 0 Å². The summed E-state index contributed by atoms with van der Waals surface area (Å²) in [4.78, 5) is 0. The molecule has 0 radical (unpaired) electrons. The smallest absolute Gasteiger partial charge is 0.446 e. The Morgan fingerprint density at radius 3 is 1.97 bits per heavy atom. The number of ether oxygens (including phenoxy) is 4. The second kappa shape index (κ2) is 8.51. The molecule has 2 aromatic carbocycles. The fourth-order valence-corrected chi connectivity index (χ4v) is 3.25. The van der Waals surface area contributed by atoms with Crippen LogP contribution in [0.2, 0.25) is 0 Å². The Kier molecular flexibility index (Phi) is 6.04. The molecule has 3 aromatic rings. The predicted molar refractivity (Wildman–Crippen MR) is 106 cm³/mol. The van der Waals surface area contributed by atoms with Crippen LogP contribution in [0, 0.1) is 0 Å². The van der Waals surface area contributed by atoms with E-state index in [1.165, 1.54) is 46.8 Å². The molecule has 0 unspecified atom stereocenters. The highest BCUT2D eigenvalue weighted by molar-refractivity contribution is 7.81. The lowest BCUT2D eigenvalue weighted by atomic mass is 10.0. The number of hydrogen-bond acceptors (Lipinski definition) is 9. The van der Waals surface area contributed by atoms with E-state index >= 15 is 0 Å². The third-order valence-corrected chi connectivity index (χ3v) is 4.56. The van der Waals surface area contributed by atoms with Crippen molar-refractivity contribution in [2.45, 2.75) is 0 Å². The van der Waals surface area contributed by atoms with E-state index in [-0.39, 0.29) is 11.5 Å². The Bertz CT molecular complexity index is 1130. The molecule has 0 aliphatic carbocycles. The molecule has 30 heavy (non-hydrogen) atoms. The normalized spacial score (nSPS) is 11.1. The first kappa shape index (κ1) is 21.3. The number of benzene rings is 2. The minimum absolute atomic E-state index is 0.113. The van der Waals surface area contributed by atoms with Crippen LogP contribution in [-0.4, -0.2) is 46.6 Å². The van der Waals surface area contributed by atoms with E-state index in [1.807, 2.05) is 0 Å². The van der Waals surface area contributed by atoms with E-state index in [0.29, 0.717) is 39.7 Å². The first-order chi connectivity index (χ1) is 14.3. The molecule has 0 fully saturated rings. The molecule has 10 nitrogen and oxygen atoms in total. The van der Waals surface area contributed by atoms with Crippen LogP contribution >= 0.6 is 0 Å². The molecule has 0 atom stereocenters. The molecule has 0 spiro atoms. The van der Waals surface area contributed by atoms with Gasteiger partial charge in [0.25, 0.3) is 0 Å². The van der Waals surface area contributed by atoms with Crippen LogP contribution in [-0.2, 0) is 10.4 Å². The molecule has 3 rings (SSSR count). The summed E-state index contributed by atoms with van der Waals surface area (Å²) in [6.07, 6.45) is 1.46. The van der Waals surface area contributed by atoms with Gasteiger partial charge in [0.15, 0.2) is 28.8 Å². The minimum Gasteiger partial charge on any atom is -0.493 e. The highest BCUT2D eigenvalue weighted by Gasteiger charge is 2.21. The van der Waals surface area contributed by atoms with E-state index in [2.05, 4.69) is 9.34 Å². The Hall–Kier alpha value is -3.44. The maximum atomic E-state index is 11.2. The van der Waals surface area contributed by atoms with E-state index < -0.39 is 10.4 Å². The lowest BCUT2D eigenvalue weighted by Crippen LogP contribution is -2.07. The van der Waals surface area contributed by atoms with Crippen molar-refractivity contribution in [2.75, 3.05) is 28.4 Å². The van der Waals surface area contributed by atoms with Gasteiger partial charge in [0.05, 0.1) is 34.6 Å². The molecule has 0 aliphatic rings. The Balaban J connectivity index is 2.14. The third-order valence-electron chi connectivity index (χ3n) is 4.17. The number of aromatic nitrogens is 1. The number of hydrogen-bond donors (Lipinski definition) is 1. The van der Waals surface area contributed by atoms with Gasteiger partial charge in [-0.3, -0.25) is 4.55 Å². The zero-order valence-corrected chi connectivity index (χ0v) is 17.3. The van der Waals surface area contributed by atoms with Gasteiger partial charge in [-0.25, -0.2) is 0 Å². The summed E-state index contributed by atoms with van der Waals surface area (Å²) in [7, 11) is 1.07. The second-order valence-corrected chi connectivity index (χ2v) is 6.88. The molecular formula is C19H19NO9S. The fraction of sp³-hybridized carbons (Fsp3) is 0.211. The molecule has 0 aliphatic heterocycles. The van der Waals surface area contributed by atoms with E-state index in [9.17, 15) is 8.42 Å². The van der Waals surface area contributed by atoms with Crippen LogP contribution in [0.3, 0.4) is 0 Å². The van der Waals surface area contributed by atoms with Crippen LogP contribution in [0.5, 0.6) is 28.7 Å². The maximum Gasteiger partial charge on any atom is 0.446 e. The Morgan fingerprint density at radius 2 is 1.43 bits per heavy atom.